The molecule has 2 aliphatic carbocycles. The number of benzene rings is 2. The van der Waals surface area contributed by atoms with Gasteiger partial charge in [-0.05, 0) is 85.5 Å². The van der Waals surface area contributed by atoms with E-state index in [1.807, 2.05) is 19.1 Å². The Morgan fingerprint density at radius 1 is 0.781 bits per heavy atom. The lowest BCUT2D eigenvalue weighted by Crippen LogP contribution is -2.21. The first-order chi connectivity index (χ1) is 15.5. The Balaban J connectivity index is 1.31. The average molecular weight is 445 g/mol. The molecular formula is C28H35F3O. The highest BCUT2D eigenvalue weighted by molar-refractivity contribution is 5.29. The summed E-state index contributed by atoms with van der Waals surface area (Å²) in [6.07, 6.45) is 8.16. The summed E-state index contributed by atoms with van der Waals surface area (Å²) >= 11 is 0. The maximum atomic E-state index is 14.8. The molecule has 0 aromatic heterocycles. The van der Waals surface area contributed by atoms with Gasteiger partial charge in [0.15, 0.2) is 11.6 Å². The molecule has 0 spiro atoms. The summed E-state index contributed by atoms with van der Waals surface area (Å²) in [5.74, 6) is -0.564. The van der Waals surface area contributed by atoms with Gasteiger partial charge in [0.25, 0.3) is 0 Å². The number of hydrogen-bond donors (Lipinski definition) is 0. The van der Waals surface area contributed by atoms with Crippen LogP contribution in [0.3, 0.4) is 0 Å². The summed E-state index contributed by atoms with van der Waals surface area (Å²) in [7, 11) is 0. The second kappa shape index (κ2) is 10.4. The number of rotatable bonds is 6. The van der Waals surface area contributed by atoms with Crippen LogP contribution in [0.15, 0.2) is 30.3 Å². The average Bonchev–Trinajstić information content (AvgIpc) is 2.81. The molecule has 0 unspecified atom stereocenters. The molecule has 2 fully saturated rings. The third-order valence-corrected chi connectivity index (χ3v) is 7.71. The maximum absolute atomic E-state index is 14.8. The zero-order valence-electron chi connectivity index (χ0n) is 19.3. The fourth-order valence-corrected chi connectivity index (χ4v) is 5.47. The number of ether oxygens (including phenoxy) is 1. The molecule has 0 aliphatic heterocycles. The van der Waals surface area contributed by atoms with Crippen molar-refractivity contribution in [1.82, 2.24) is 0 Å². The van der Waals surface area contributed by atoms with Gasteiger partial charge in [-0.2, -0.15) is 0 Å². The van der Waals surface area contributed by atoms with Crippen molar-refractivity contribution in [3.8, 4) is 0 Å². The molecule has 0 atom stereocenters. The minimum Gasteiger partial charge on any atom is -0.373 e. The van der Waals surface area contributed by atoms with Gasteiger partial charge in [-0.1, -0.05) is 51.0 Å². The van der Waals surface area contributed by atoms with E-state index in [1.165, 1.54) is 0 Å². The SMILES string of the molecule is CCc1ccc(C2CCC(OCc3ccc(C4CCC(C)CC4)c(F)c3F)CC2)c(F)c1. The van der Waals surface area contributed by atoms with Crippen LogP contribution in [-0.4, -0.2) is 6.10 Å². The number of hydrogen-bond acceptors (Lipinski definition) is 1. The van der Waals surface area contributed by atoms with E-state index < -0.39 is 11.6 Å². The summed E-state index contributed by atoms with van der Waals surface area (Å²) < 4.78 is 49.9. The predicted molar refractivity (Wildman–Crippen MR) is 122 cm³/mol. The molecule has 4 heteroatoms. The predicted octanol–water partition coefficient (Wildman–Crippen LogP) is 8.20. The molecule has 2 saturated carbocycles. The largest absolute Gasteiger partial charge is 0.373 e. The minimum atomic E-state index is -0.757. The molecule has 4 rings (SSSR count). The Labute approximate surface area is 190 Å². The van der Waals surface area contributed by atoms with Crippen molar-refractivity contribution in [1.29, 1.82) is 0 Å². The van der Waals surface area contributed by atoms with Crippen LogP contribution in [0.2, 0.25) is 0 Å². The van der Waals surface area contributed by atoms with Gasteiger partial charge in [0.2, 0.25) is 0 Å². The Morgan fingerprint density at radius 3 is 2.06 bits per heavy atom. The first-order valence-electron chi connectivity index (χ1n) is 12.3. The van der Waals surface area contributed by atoms with Crippen molar-refractivity contribution in [2.45, 2.75) is 96.2 Å². The molecule has 0 heterocycles. The van der Waals surface area contributed by atoms with Gasteiger partial charge >= 0.3 is 0 Å². The van der Waals surface area contributed by atoms with Gasteiger partial charge in [-0.3, -0.25) is 0 Å². The van der Waals surface area contributed by atoms with Crippen molar-refractivity contribution in [3.63, 3.8) is 0 Å². The summed E-state index contributed by atoms with van der Waals surface area (Å²) in [5, 5.41) is 0. The molecule has 0 saturated heterocycles. The topological polar surface area (TPSA) is 9.23 Å². The van der Waals surface area contributed by atoms with Gasteiger partial charge in [0.05, 0.1) is 12.7 Å². The summed E-state index contributed by atoms with van der Waals surface area (Å²) in [6.45, 7) is 4.33. The van der Waals surface area contributed by atoms with Crippen LogP contribution in [0.1, 0.15) is 99.3 Å². The quantitative estimate of drug-likeness (QED) is 0.436. The third kappa shape index (κ3) is 5.22. The highest BCUT2D eigenvalue weighted by Gasteiger charge is 2.27. The van der Waals surface area contributed by atoms with E-state index in [0.717, 1.165) is 68.9 Å². The van der Waals surface area contributed by atoms with Crippen LogP contribution in [0.5, 0.6) is 0 Å². The van der Waals surface area contributed by atoms with E-state index in [2.05, 4.69) is 6.92 Å². The second-order valence-corrected chi connectivity index (χ2v) is 9.89. The molecule has 0 amide bonds. The standard InChI is InChI=1S/C28H35F3O/c1-3-19-6-14-24(26(29)16-19)20-9-12-23(13-10-20)32-17-22-11-15-25(28(31)27(22)30)21-7-4-18(2)5-8-21/h6,11,14-16,18,20-21,23H,3-5,7-10,12-13,17H2,1-2H3. The summed E-state index contributed by atoms with van der Waals surface area (Å²) in [4.78, 5) is 0. The summed E-state index contributed by atoms with van der Waals surface area (Å²) in [6, 6.07) is 9.04. The lowest BCUT2D eigenvalue weighted by Gasteiger charge is -2.29. The van der Waals surface area contributed by atoms with Crippen LogP contribution < -0.4 is 0 Å². The molecule has 0 bridgehead atoms. The van der Waals surface area contributed by atoms with E-state index in [9.17, 15) is 13.2 Å². The smallest absolute Gasteiger partial charge is 0.164 e. The minimum absolute atomic E-state index is 0.00574. The Hall–Kier alpha value is -1.81. The van der Waals surface area contributed by atoms with Crippen LogP contribution in [0.4, 0.5) is 13.2 Å². The fourth-order valence-electron chi connectivity index (χ4n) is 5.47. The van der Waals surface area contributed by atoms with E-state index in [4.69, 9.17) is 4.74 Å². The van der Waals surface area contributed by atoms with Crippen LogP contribution >= 0.6 is 0 Å². The molecular weight excluding hydrogens is 409 g/mol. The molecule has 0 N–H and O–H groups in total. The van der Waals surface area contributed by atoms with Gasteiger partial charge in [-0.25, -0.2) is 13.2 Å². The van der Waals surface area contributed by atoms with E-state index in [-0.39, 0.29) is 30.4 Å². The Morgan fingerprint density at radius 2 is 1.41 bits per heavy atom. The molecule has 32 heavy (non-hydrogen) atoms. The third-order valence-electron chi connectivity index (χ3n) is 7.71. The molecule has 0 radical (unpaired) electrons. The lowest BCUT2D eigenvalue weighted by atomic mass is 9.79. The zero-order valence-corrected chi connectivity index (χ0v) is 19.3. The highest BCUT2D eigenvalue weighted by atomic mass is 19.2. The second-order valence-electron chi connectivity index (χ2n) is 9.89. The van der Waals surface area contributed by atoms with Crippen LogP contribution in [0, 0.1) is 23.4 Å². The van der Waals surface area contributed by atoms with Crippen LogP contribution in [0.25, 0.3) is 0 Å². The van der Waals surface area contributed by atoms with E-state index >= 15 is 0 Å². The van der Waals surface area contributed by atoms with Gasteiger partial charge in [0, 0.05) is 5.56 Å². The van der Waals surface area contributed by atoms with E-state index in [1.54, 1.807) is 18.2 Å². The fraction of sp³-hybridized carbons (Fsp3) is 0.571. The maximum Gasteiger partial charge on any atom is 0.164 e. The van der Waals surface area contributed by atoms with Gasteiger partial charge in [0.1, 0.15) is 5.82 Å². The van der Waals surface area contributed by atoms with Crippen molar-refractivity contribution < 1.29 is 17.9 Å². The number of aryl methyl sites for hydroxylation is 1. The molecule has 1 nitrogen and oxygen atoms in total. The Bertz CT molecular complexity index is 909. The van der Waals surface area contributed by atoms with Gasteiger partial charge < -0.3 is 4.74 Å². The van der Waals surface area contributed by atoms with Crippen molar-refractivity contribution in [2.24, 2.45) is 5.92 Å². The van der Waals surface area contributed by atoms with Crippen LogP contribution in [-0.2, 0) is 17.8 Å². The lowest BCUT2D eigenvalue weighted by molar-refractivity contribution is 0.0116. The molecule has 2 aromatic rings. The van der Waals surface area contributed by atoms with Crippen molar-refractivity contribution in [3.05, 3.63) is 70.0 Å². The van der Waals surface area contributed by atoms with Crippen molar-refractivity contribution in [2.75, 3.05) is 0 Å². The first kappa shape index (κ1) is 23.4. The zero-order chi connectivity index (χ0) is 22.7. The monoisotopic (exact) mass is 444 g/mol. The number of halogens is 3. The molecule has 2 aromatic carbocycles. The van der Waals surface area contributed by atoms with Gasteiger partial charge in [-0.15, -0.1) is 0 Å². The highest BCUT2D eigenvalue weighted by Crippen LogP contribution is 2.38. The normalized spacial score (nSPS) is 26.3. The van der Waals surface area contributed by atoms with Crippen molar-refractivity contribution >= 4 is 0 Å². The first-order valence-corrected chi connectivity index (χ1v) is 12.3. The molecule has 174 valence electrons. The summed E-state index contributed by atoms with van der Waals surface area (Å²) in [5.41, 5.74) is 2.62. The Kier molecular flexibility index (Phi) is 7.60. The van der Waals surface area contributed by atoms with E-state index in [0.29, 0.717) is 17.0 Å². The molecule has 2 aliphatic rings.